The van der Waals surface area contributed by atoms with Gasteiger partial charge in [-0.15, -0.1) is 0 Å². The molecule has 0 bridgehead atoms. The number of fused-ring (bicyclic) bond motifs is 1. The van der Waals surface area contributed by atoms with Crippen LogP contribution in [0.25, 0.3) is 11.0 Å². The van der Waals surface area contributed by atoms with E-state index in [4.69, 9.17) is 4.42 Å². The molecule has 0 spiro atoms. The summed E-state index contributed by atoms with van der Waals surface area (Å²) in [5.41, 5.74) is 1.00. The Morgan fingerprint density at radius 3 is 2.76 bits per heavy atom. The number of nitrogens with one attached hydrogen (secondary N) is 1. The molecule has 88 valence electrons. The highest BCUT2D eigenvalue weighted by Crippen LogP contribution is 2.16. The maximum absolute atomic E-state index is 11.6. The molecule has 0 aliphatic heterocycles. The molecule has 1 amide bonds. The van der Waals surface area contributed by atoms with Crippen LogP contribution in [0.1, 0.15) is 13.8 Å². The van der Waals surface area contributed by atoms with Crippen molar-refractivity contribution in [3.05, 3.63) is 40.8 Å². The first-order valence-electron chi connectivity index (χ1n) is 5.40. The number of benzene rings is 1. The number of anilines is 1. The van der Waals surface area contributed by atoms with Crippen LogP contribution in [0.15, 0.2) is 39.7 Å². The van der Waals surface area contributed by atoms with Crippen LogP contribution in [-0.2, 0) is 4.79 Å². The van der Waals surface area contributed by atoms with E-state index in [1.54, 1.807) is 18.2 Å². The van der Waals surface area contributed by atoms with Crippen molar-refractivity contribution in [2.24, 2.45) is 5.92 Å². The molecule has 0 saturated carbocycles. The first kappa shape index (κ1) is 11.4. The van der Waals surface area contributed by atoms with Gasteiger partial charge in [0.2, 0.25) is 5.91 Å². The Balaban J connectivity index is 2.41. The van der Waals surface area contributed by atoms with Gasteiger partial charge in [-0.2, -0.15) is 0 Å². The molecule has 1 N–H and O–H groups in total. The molecule has 17 heavy (non-hydrogen) atoms. The Bertz CT molecular complexity index is 613. The summed E-state index contributed by atoms with van der Waals surface area (Å²) in [4.78, 5) is 23.1. The number of hydrogen-bond acceptors (Lipinski definition) is 3. The molecule has 1 aromatic carbocycles. The van der Waals surface area contributed by atoms with Gasteiger partial charge in [0.05, 0.1) is 11.6 Å². The zero-order valence-corrected chi connectivity index (χ0v) is 9.69. The van der Waals surface area contributed by atoms with Crippen LogP contribution in [0.4, 0.5) is 5.69 Å². The third kappa shape index (κ3) is 2.36. The second-order valence-electron chi connectivity index (χ2n) is 4.14. The van der Waals surface area contributed by atoms with E-state index in [9.17, 15) is 9.59 Å². The van der Waals surface area contributed by atoms with Crippen LogP contribution < -0.4 is 10.7 Å². The van der Waals surface area contributed by atoms with Crippen LogP contribution in [-0.4, -0.2) is 5.91 Å². The van der Waals surface area contributed by atoms with Crippen LogP contribution in [0, 0.1) is 5.92 Å². The third-order valence-corrected chi connectivity index (χ3v) is 2.45. The molecule has 0 atom stereocenters. The third-order valence-electron chi connectivity index (χ3n) is 2.45. The zero-order valence-electron chi connectivity index (χ0n) is 9.69. The number of amides is 1. The summed E-state index contributed by atoms with van der Waals surface area (Å²) in [7, 11) is 0. The summed E-state index contributed by atoms with van der Waals surface area (Å²) in [5.74, 6) is -0.178. The lowest BCUT2D eigenvalue weighted by atomic mass is 10.1. The minimum atomic E-state index is -0.119. The van der Waals surface area contributed by atoms with Gasteiger partial charge in [-0.3, -0.25) is 9.59 Å². The molecule has 0 unspecified atom stereocenters. The van der Waals surface area contributed by atoms with Gasteiger partial charge in [0.1, 0.15) is 5.58 Å². The van der Waals surface area contributed by atoms with Gasteiger partial charge in [-0.25, -0.2) is 0 Å². The molecule has 0 fully saturated rings. The van der Waals surface area contributed by atoms with Gasteiger partial charge in [0.15, 0.2) is 5.43 Å². The van der Waals surface area contributed by atoms with Crippen molar-refractivity contribution in [1.29, 1.82) is 0 Å². The molecular weight excluding hydrogens is 218 g/mol. The number of rotatable bonds is 2. The molecule has 0 aliphatic carbocycles. The van der Waals surface area contributed by atoms with Crippen molar-refractivity contribution < 1.29 is 9.21 Å². The fraction of sp³-hybridized carbons (Fsp3) is 0.231. The van der Waals surface area contributed by atoms with Crippen molar-refractivity contribution in [2.45, 2.75) is 13.8 Å². The van der Waals surface area contributed by atoms with E-state index in [1.165, 1.54) is 12.3 Å². The summed E-state index contributed by atoms with van der Waals surface area (Å²) in [6.07, 6.45) is 1.36. The standard InChI is InChI=1S/C13H13NO3/c1-8(2)13(16)14-9-3-4-12-10(7-9)11(15)5-6-17-12/h3-8H,1-2H3,(H,14,16). The van der Waals surface area contributed by atoms with Crippen molar-refractivity contribution in [3.8, 4) is 0 Å². The van der Waals surface area contributed by atoms with E-state index in [0.717, 1.165) is 0 Å². The summed E-state index contributed by atoms with van der Waals surface area (Å²) in [6, 6.07) is 6.37. The lowest BCUT2D eigenvalue weighted by molar-refractivity contribution is -0.118. The number of carbonyl (C=O) groups excluding carboxylic acids is 1. The van der Waals surface area contributed by atoms with Gasteiger partial charge in [-0.05, 0) is 18.2 Å². The van der Waals surface area contributed by atoms with Gasteiger partial charge in [0, 0.05) is 17.7 Å². The average molecular weight is 231 g/mol. The summed E-state index contributed by atoms with van der Waals surface area (Å²) in [6.45, 7) is 3.62. The van der Waals surface area contributed by atoms with E-state index in [1.807, 2.05) is 13.8 Å². The molecule has 1 heterocycles. The van der Waals surface area contributed by atoms with Crippen LogP contribution in [0.2, 0.25) is 0 Å². The summed E-state index contributed by atoms with van der Waals surface area (Å²) >= 11 is 0. The minimum Gasteiger partial charge on any atom is -0.464 e. The van der Waals surface area contributed by atoms with Gasteiger partial charge >= 0.3 is 0 Å². The second kappa shape index (κ2) is 4.41. The Labute approximate surface area is 98.3 Å². The highest BCUT2D eigenvalue weighted by molar-refractivity contribution is 5.94. The Hall–Kier alpha value is -2.10. The van der Waals surface area contributed by atoms with Gasteiger partial charge in [-0.1, -0.05) is 13.8 Å². The Morgan fingerprint density at radius 1 is 1.29 bits per heavy atom. The highest BCUT2D eigenvalue weighted by atomic mass is 16.3. The first-order valence-corrected chi connectivity index (χ1v) is 5.40. The van der Waals surface area contributed by atoms with E-state index in [-0.39, 0.29) is 17.3 Å². The molecule has 4 heteroatoms. The van der Waals surface area contributed by atoms with Crippen molar-refractivity contribution in [3.63, 3.8) is 0 Å². The van der Waals surface area contributed by atoms with Crippen molar-refractivity contribution >= 4 is 22.6 Å². The predicted octanol–water partition coefficient (Wildman–Crippen LogP) is 2.39. The van der Waals surface area contributed by atoms with Gasteiger partial charge in [0.25, 0.3) is 0 Å². The SMILES string of the molecule is CC(C)C(=O)Nc1ccc2occc(=O)c2c1. The van der Waals surface area contributed by atoms with Crippen LogP contribution in [0.3, 0.4) is 0 Å². The van der Waals surface area contributed by atoms with E-state index in [2.05, 4.69) is 5.32 Å². The number of hydrogen-bond donors (Lipinski definition) is 1. The normalized spacial score (nSPS) is 10.8. The predicted molar refractivity (Wildman–Crippen MR) is 66.0 cm³/mol. The summed E-state index contributed by atoms with van der Waals surface area (Å²) < 4.78 is 5.19. The topological polar surface area (TPSA) is 59.3 Å². The van der Waals surface area contributed by atoms with Gasteiger partial charge < -0.3 is 9.73 Å². The fourth-order valence-electron chi connectivity index (χ4n) is 1.45. The van der Waals surface area contributed by atoms with Crippen LogP contribution in [0.5, 0.6) is 0 Å². The summed E-state index contributed by atoms with van der Waals surface area (Å²) in [5, 5.41) is 3.21. The molecule has 2 aromatic rings. The second-order valence-corrected chi connectivity index (χ2v) is 4.14. The zero-order chi connectivity index (χ0) is 12.4. The maximum Gasteiger partial charge on any atom is 0.226 e. The quantitative estimate of drug-likeness (QED) is 0.863. The highest BCUT2D eigenvalue weighted by Gasteiger charge is 2.08. The number of carbonyl (C=O) groups is 1. The molecule has 4 nitrogen and oxygen atoms in total. The first-order chi connectivity index (χ1) is 8.08. The van der Waals surface area contributed by atoms with Crippen LogP contribution >= 0.6 is 0 Å². The Morgan fingerprint density at radius 2 is 2.06 bits per heavy atom. The molecule has 2 rings (SSSR count). The fourth-order valence-corrected chi connectivity index (χ4v) is 1.45. The lowest BCUT2D eigenvalue weighted by Gasteiger charge is -2.07. The average Bonchev–Trinajstić information content (AvgIpc) is 2.30. The largest absolute Gasteiger partial charge is 0.464 e. The van der Waals surface area contributed by atoms with E-state index in [0.29, 0.717) is 16.7 Å². The van der Waals surface area contributed by atoms with E-state index >= 15 is 0 Å². The Kier molecular flexibility index (Phi) is 2.95. The molecule has 0 radical (unpaired) electrons. The molecular formula is C13H13NO3. The minimum absolute atomic E-state index is 0.0790. The monoisotopic (exact) mass is 231 g/mol. The smallest absolute Gasteiger partial charge is 0.226 e. The molecule has 0 aliphatic rings. The van der Waals surface area contributed by atoms with Crippen molar-refractivity contribution in [1.82, 2.24) is 0 Å². The maximum atomic E-state index is 11.6. The lowest BCUT2D eigenvalue weighted by Crippen LogP contribution is -2.17. The van der Waals surface area contributed by atoms with E-state index < -0.39 is 0 Å². The molecule has 0 saturated heterocycles. The molecule has 1 aromatic heterocycles. The van der Waals surface area contributed by atoms with Crippen molar-refractivity contribution in [2.75, 3.05) is 5.32 Å².